The molecule has 0 atom stereocenters. The van der Waals surface area contributed by atoms with Crippen LogP contribution in [0.15, 0.2) is 35.2 Å². The van der Waals surface area contributed by atoms with Gasteiger partial charge in [-0.05, 0) is 32.1 Å². The summed E-state index contributed by atoms with van der Waals surface area (Å²) in [5, 5.41) is 3.89. The zero-order valence-corrected chi connectivity index (χ0v) is 16.9. The quantitative estimate of drug-likeness (QED) is 0.744. The van der Waals surface area contributed by atoms with E-state index in [1.165, 1.54) is 0 Å². The van der Waals surface area contributed by atoms with E-state index in [0.717, 1.165) is 42.8 Å². The number of piperazine rings is 1. The van der Waals surface area contributed by atoms with Crippen LogP contribution in [0.4, 0.5) is 0 Å². The summed E-state index contributed by atoms with van der Waals surface area (Å²) in [6.07, 6.45) is 5.41. The molecule has 1 fully saturated rings. The normalized spacial score (nSPS) is 19.1. The number of carbonyl (C=O) groups excluding carboxylic acids is 1. The van der Waals surface area contributed by atoms with Crippen LogP contribution in [0.1, 0.15) is 19.4 Å². The molecule has 1 amide bonds. The fourth-order valence-electron chi connectivity index (χ4n) is 3.30. The number of hydrogen-bond donors (Lipinski definition) is 2. The van der Waals surface area contributed by atoms with Crippen molar-refractivity contribution >= 4 is 53.8 Å². The van der Waals surface area contributed by atoms with Crippen LogP contribution < -0.4 is 5.32 Å². The minimum absolute atomic E-state index is 0. The zero-order valence-electron chi connectivity index (χ0n) is 15.3. The third kappa shape index (κ3) is 4.26. The van der Waals surface area contributed by atoms with E-state index in [9.17, 15) is 4.79 Å². The van der Waals surface area contributed by atoms with E-state index < -0.39 is 0 Å². The summed E-state index contributed by atoms with van der Waals surface area (Å²) in [6, 6.07) is 4.41. The van der Waals surface area contributed by atoms with Crippen molar-refractivity contribution in [2.24, 2.45) is 4.99 Å². The van der Waals surface area contributed by atoms with E-state index in [1.807, 2.05) is 24.4 Å². The minimum Gasteiger partial charge on any atom is -0.346 e. The highest BCUT2D eigenvalue weighted by atomic mass is 35.5. The highest BCUT2D eigenvalue weighted by Crippen LogP contribution is 2.21. The largest absolute Gasteiger partial charge is 0.346 e. The van der Waals surface area contributed by atoms with E-state index in [-0.39, 0.29) is 30.7 Å². The van der Waals surface area contributed by atoms with Crippen LogP contribution in [0, 0.1) is 0 Å². The minimum atomic E-state index is -0.153. The van der Waals surface area contributed by atoms with Gasteiger partial charge < -0.3 is 9.88 Å². The van der Waals surface area contributed by atoms with Gasteiger partial charge in [0.15, 0.2) is 0 Å². The van der Waals surface area contributed by atoms with Crippen LogP contribution in [-0.4, -0.2) is 63.9 Å². The molecule has 1 saturated heterocycles. The molecule has 0 radical (unpaired) electrons. The number of halogens is 2. The maximum absolute atomic E-state index is 12.3. The van der Waals surface area contributed by atoms with Gasteiger partial charge in [0.2, 0.25) is 5.96 Å². The number of H-pyrrole nitrogens is 1. The number of aromatic amines is 1. The first kappa shape index (κ1) is 21.2. The smallest absolute Gasteiger partial charge is 0.276 e. The molecule has 4 heterocycles. The molecule has 0 aliphatic carbocycles. The van der Waals surface area contributed by atoms with Crippen LogP contribution in [0.5, 0.6) is 0 Å². The second kappa shape index (κ2) is 8.73. The summed E-state index contributed by atoms with van der Waals surface area (Å²) in [5.74, 6) is 0.511. The second-order valence-electron chi connectivity index (χ2n) is 6.68. The van der Waals surface area contributed by atoms with Gasteiger partial charge in [0.1, 0.15) is 11.3 Å². The van der Waals surface area contributed by atoms with Crippen LogP contribution in [0.2, 0.25) is 0 Å². The third-order valence-electron chi connectivity index (χ3n) is 4.80. The summed E-state index contributed by atoms with van der Waals surface area (Å²) in [6.45, 7) is 8.14. The summed E-state index contributed by atoms with van der Waals surface area (Å²) in [7, 11) is 0. The molecule has 2 aliphatic heterocycles. The Kier molecular flexibility index (Phi) is 6.86. The van der Waals surface area contributed by atoms with Crippen LogP contribution in [0.25, 0.3) is 17.1 Å². The molecular formula is C18H24Cl2N6O. The highest BCUT2D eigenvalue weighted by molar-refractivity contribution is 6.14. The van der Waals surface area contributed by atoms with Gasteiger partial charge in [-0.2, -0.15) is 0 Å². The van der Waals surface area contributed by atoms with Crippen molar-refractivity contribution in [2.75, 3.05) is 26.2 Å². The van der Waals surface area contributed by atoms with Crippen LogP contribution >= 0.6 is 24.8 Å². The van der Waals surface area contributed by atoms with Gasteiger partial charge in [-0.25, -0.2) is 9.98 Å². The molecule has 27 heavy (non-hydrogen) atoms. The standard InChI is InChI=1S/C18H22N6O.2ClH/c1-12(2)23-6-8-24(9-7-23)18-21-15(17(25)22-18)10-13-11-20-16-14(13)4-3-5-19-16;;/h3-5,10-12H,6-9H2,1-2H3,(H,19,20)(H,21,22,25);2*1H. The molecule has 7 nitrogen and oxygen atoms in total. The predicted octanol–water partition coefficient (Wildman–Crippen LogP) is 2.26. The van der Waals surface area contributed by atoms with Gasteiger partial charge in [-0.15, -0.1) is 24.8 Å². The number of nitrogens with zero attached hydrogens (tertiary/aromatic N) is 4. The molecule has 9 heteroatoms. The number of nitrogens with one attached hydrogen (secondary N) is 2. The number of guanidine groups is 1. The van der Waals surface area contributed by atoms with Gasteiger partial charge in [0.05, 0.1) is 0 Å². The summed E-state index contributed by atoms with van der Waals surface area (Å²) in [4.78, 5) is 28.8. The summed E-state index contributed by atoms with van der Waals surface area (Å²) in [5.41, 5.74) is 2.16. The van der Waals surface area contributed by atoms with Gasteiger partial charge in [0, 0.05) is 55.6 Å². The number of aromatic nitrogens is 2. The molecule has 0 saturated carbocycles. The first-order chi connectivity index (χ1) is 12.1. The number of hydrogen-bond acceptors (Lipinski definition) is 5. The molecule has 0 aromatic carbocycles. The lowest BCUT2D eigenvalue weighted by Crippen LogP contribution is -2.53. The van der Waals surface area contributed by atoms with Crippen LogP contribution in [-0.2, 0) is 4.79 Å². The van der Waals surface area contributed by atoms with Crippen molar-refractivity contribution in [3.05, 3.63) is 35.8 Å². The van der Waals surface area contributed by atoms with Crippen molar-refractivity contribution in [1.29, 1.82) is 0 Å². The molecule has 2 aromatic heterocycles. The fraction of sp³-hybridized carbons (Fsp3) is 0.389. The summed E-state index contributed by atoms with van der Waals surface area (Å²) >= 11 is 0. The number of aliphatic imine (C=N–C) groups is 1. The molecule has 2 aliphatic rings. The Morgan fingerprint density at radius 3 is 2.63 bits per heavy atom. The second-order valence-corrected chi connectivity index (χ2v) is 6.68. The monoisotopic (exact) mass is 410 g/mol. The summed E-state index contributed by atoms with van der Waals surface area (Å²) < 4.78 is 0. The molecule has 0 spiro atoms. The highest BCUT2D eigenvalue weighted by Gasteiger charge is 2.27. The van der Waals surface area contributed by atoms with Crippen molar-refractivity contribution in [2.45, 2.75) is 19.9 Å². The number of amides is 1. The number of carbonyl (C=O) groups is 1. The number of rotatable bonds is 2. The molecule has 2 aromatic rings. The molecule has 146 valence electrons. The zero-order chi connectivity index (χ0) is 17.4. The molecular weight excluding hydrogens is 387 g/mol. The van der Waals surface area contributed by atoms with E-state index >= 15 is 0 Å². The lowest BCUT2D eigenvalue weighted by atomic mass is 10.2. The van der Waals surface area contributed by atoms with Crippen molar-refractivity contribution in [1.82, 2.24) is 25.1 Å². The SMILES string of the molecule is CC(C)N1CCN(C2=NC(=Cc3c[nH]c4ncccc34)C(=O)N2)CC1.Cl.Cl. The van der Waals surface area contributed by atoms with Gasteiger partial charge in [-0.1, -0.05) is 0 Å². The van der Waals surface area contributed by atoms with E-state index in [2.05, 4.69) is 43.9 Å². The Bertz CT molecular complexity index is 868. The average Bonchev–Trinajstić information content (AvgIpc) is 3.20. The Labute approximate surface area is 170 Å². The lowest BCUT2D eigenvalue weighted by Gasteiger charge is -2.37. The Morgan fingerprint density at radius 2 is 1.93 bits per heavy atom. The molecule has 0 unspecified atom stereocenters. The van der Waals surface area contributed by atoms with E-state index in [1.54, 1.807) is 6.20 Å². The van der Waals surface area contributed by atoms with Crippen molar-refractivity contribution in [3.8, 4) is 0 Å². The van der Waals surface area contributed by atoms with Gasteiger partial charge >= 0.3 is 0 Å². The Balaban J connectivity index is 0.00000131. The third-order valence-corrected chi connectivity index (χ3v) is 4.80. The van der Waals surface area contributed by atoms with Gasteiger partial charge in [0.25, 0.3) is 5.91 Å². The topological polar surface area (TPSA) is 76.6 Å². The maximum Gasteiger partial charge on any atom is 0.276 e. The predicted molar refractivity (Wildman–Crippen MR) is 112 cm³/mol. The maximum atomic E-state index is 12.3. The average molecular weight is 411 g/mol. The molecule has 0 bridgehead atoms. The van der Waals surface area contributed by atoms with E-state index in [0.29, 0.717) is 17.7 Å². The molecule has 4 rings (SSSR count). The van der Waals surface area contributed by atoms with Crippen molar-refractivity contribution in [3.63, 3.8) is 0 Å². The first-order valence-corrected chi connectivity index (χ1v) is 8.64. The lowest BCUT2D eigenvalue weighted by molar-refractivity contribution is -0.115. The van der Waals surface area contributed by atoms with Crippen molar-refractivity contribution < 1.29 is 4.79 Å². The van der Waals surface area contributed by atoms with Crippen LogP contribution in [0.3, 0.4) is 0 Å². The number of fused-ring (bicyclic) bond motifs is 1. The fourth-order valence-corrected chi connectivity index (χ4v) is 3.30. The first-order valence-electron chi connectivity index (χ1n) is 8.64. The Hall–Kier alpha value is -2.09. The Morgan fingerprint density at radius 1 is 1.19 bits per heavy atom. The number of pyridine rings is 1. The van der Waals surface area contributed by atoms with E-state index in [4.69, 9.17) is 0 Å². The molecule has 2 N–H and O–H groups in total. The van der Waals surface area contributed by atoms with Gasteiger partial charge in [-0.3, -0.25) is 15.0 Å².